The number of carboxylic acid groups (broad SMARTS) is 1. The van der Waals surface area contributed by atoms with Gasteiger partial charge in [0.2, 0.25) is 0 Å². The van der Waals surface area contributed by atoms with Crippen molar-refractivity contribution in [3.05, 3.63) is 23.8 Å². The molecule has 0 unspecified atom stereocenters. The highest BCUT2D eigenvalue weighted by Gasteiger charge is 2.14. The van der Waals surface area contributed by atoms with Crippen molar-refractivity contribution in [2.45, 2.75) is 46.2 Å². The van der Waals surface area contributed by atoms with E-state index in [2.05, 4.69) is 32.6 Å². The van der Waals surface area contributed by atoms with E-state index in [0.717, 1.165) is 13.0 Å². The lowest BCUT2D eigenvalue weighted by atomic mass is 10.2. The Morgan fingerprint density at radius 3 is 2.36 bits per heavy atom. The van der Waals surface area contributed by atoms with Gasteiger partial charge in [0.05, 0.1) is 13.7 Å². The van der Waals surface area contributed by atoms with E-state index in [1.165, 1.54) is 13.2 Å². The normalized spacial score (nSPS) is 11.3. The molecule has 0 spiro atoms. The van der Waals surface area contributed by atoms with Crippen molar-refractivity contribution in [3.63, 3.8) is 0 Å². The maximum absolute atomic E-state index is 11.3. The summed E-state index contributed by atoms with van der Waals surface area (Å²) in [5.41, 5.74) is 0.129. The first-order valence-corrected chi connectivity index (χ1v) is 7.66. The van der Waals surface area contributed by atoms with E-state index in [-0.39, 0.29) is 5.56 Å². The smallest absolute Gasteiger partial charge is 0.339 e. The van der Waals surface area contributed by atoms with Gasteiger partial charge >= 0.3 is 5.97 Å². The van der Waals surface area contributed by atoms with Crippen LogP contribution in [0.5, 0.6) is 11.5 Å². The molecule has 124 valence electrons. The molecule has 1 rings (SSSR count). The molecule has 0 saturated heterocycles. The molecule has 1 aromatic carbocycles. The zero-order valence-corrected chi connectivity index (χ0v) is 14.1. The van der Waals surface area contributed by atoms with Gasteiger partial charge in [0, 0.05) is 18.6 Å². The molecule has 0 aliphatic heterocycles. The summed E-state index contributed by atoms with van der Waals surface area (Å²) in [5, 5.41) is 9.23. The molecule has 0 saturated carbocycles. The average molecular weight is 309 g/mol. The molecule has 0 aliphatic carbocycles. The van der Waals surface area contributed by atoms with Gasteiger partial charge in [-0.1, -0.05) is 0 Å². The predicted molar refractivity (Wildman–Crippen MR) is 87.0 cm³/mol. The summed E-state index contributed by atoms with van der Waals surface area (Å²) in [5.74, 6) is -0.121. The Bertz CT molecular complexity index is 478. The SMILES string of the molecule is COc1ccc(OCCCN(C(C)C)C(C)C)c(C(=O)O)c1. The van der Waals surface area contributed by atoms with Crippen LogP contribution >= 0.6 is 0 Å². The van der Waals surface area contributed by atoms with Crippen LogP contribution in [-0.2, 0) is 0 Å². The monoisotopic (exact) mass is 309 g/mol. The number of carboxylic acids is 1. The zero-order valence-electron chi connectivity index (χ0n) is 14.1. The number of ether oxygens (including phenoxy) is 2. The molecule has 0 aliphatic rings. The number of aromatic carboxylic acids is 1. The molecule has 0 fully saturated rings. The molecule has 0 aromatic heterocycles. The van der Waals surface area contributed by atoms with Crippen molar-refractivity contribution >= 4 is 5.97 Å². The molecule has 0 bridgehead atoms. The molecule has 0 radical (unpaired) electrons. The van der Waals surface area contributed by atoms with Gasteiger partial charge in [-0.25, -0.2) is 4.79 Å². The first kappa shape index (κ1) is 18.3. The van der Waals surface area contributed by atoms with Crippen molar-refractivity contribution in [2.75, 3.05) is 20.3 Å². The van der Waals surface area contributed by atoms with Crippen molar-refractivity contribution < 1.29 is 19.4 Å². The Balaban J connectivity index is 2.60. The lowest BCUT2D eigenvalue weighted by molar-refractivity contribution is 0.0691. The third-order valence-corrected chi connectivity index (χ3v) is 3.56. The van der Waals surface area contributed by atoms with Crippen LogP contribution in [0.4, 0.5) is 0 Å². The fourth-order valence-corrected chi connectivity index (χ4v) is 2.47. The maximum Gasteiger partial charge on any atom is 0.339 e. The van der Waals surface area contributed by atoms with Crippen molar-refractivity contribution in [2.24, 2.45) is 0 Å². The number of benzene rings is 1. The predicted octanol–water partition coefficient (Wildman–Crippen LogP) is 3.28. The van der Waals surface area contributed by atoms with Gasteiger partial charge in [0.1, 0.15) is 17.1 Å². The van der Waals surface area contributed by atoms with Crippen molar-refractivity contribution in [1.29, 1.82) is 0 Å². The zero-order chi connectivity index (χ0) is 16.7. The number of carbonyl (C=O) groups is 1. The average Bonchev–Trinajstić information content (AvgIpc) is 2.46. The summed E-state index contributed by atoms with van der Waals surface area (Å²) in [6.07, 6.45) is 0.849. The highest BCUT2D eigenvalue weighted by molar-refractivity contribution is 5.91. The molecule has 0 amide bonds. The van der Waals surface area contributed by atoms with Crippen LogP contribution in [-0.4, -0.2) is 48.3 Å². The van der Waals surface area contributed by atoms with E-state index in [1.54, 1.807) is 12.1 Å². The number of hydrogen-bond donors (Lipinski definition) is 1. The van der Waals surface area contributed by atoms with Crippen LogP contribution in [0, 0.1) is 0 Å². The highest BCUT2D eigenvalue weighted by atomic mass is 16.5. The van der Waals surface area contributed by atoms with Gasteiger partial charge < -0.3 is 14.6 Å². The fraction of sp³-hybridized carbons (Fsp3) is 0.588. The van der Waals surface area contributed by atoms with E-state index < -0.39 is 5.97 Å². The number of hydrogen-bond acceptors (Lipinski definition) is 4. The van der Waals surface area contributed by atoms with Crippen molar-refractivity contribution in [1.82, 2.24) is 4.90 Å². The highest BCUT2D eigenvalue weighted by Crippen LogP contribution is 2.24. The Hall–Kier alpha value is -1.75. The van der Waals surface area contributed by atoms with Crippen LogP contribution in [0.1, 0.15) is 44.5 Å². The second kappa shape index (κ2) is 8.63. The van der Waals surface area contributed by atoms with Crippen LogP contribution in [0.15, 0.2) is 18.2 Å². The van der Waals surface area contributed by atoms with Gasteiger partial charge in [0.25, 0.3) is 0 Å². The van der Waals surface area contributed by atoms with E-state index in [0.29, 0.717) is 30.2 Å². The fourth-order valence-electron chi connectivity index (χ4n) is 2.47. The minimum Gasteiger partial charge on any atom is -0.497 e. The first-order valence-electron chi connectivity index (χ1n) is 7.66. The van der Waals surface area contributed by atoms with Crippen LogP contribution in [0.25, 0.3) is 0 Å². The second-order valence-electron chi connectivity index (χ2n) is 5.79. The molecule has 22 heavy (non-hydrogen) atoms. The van der Waals surface area contributed by atoms with Gasteiger partial charge in [-0.05, 0) is 52.3 Å². The second-order valence-corrected chi connectivity index (χ2v) is 5.79. The number of methoxy groups -OCH3 is 1. The van der Waals surface area contributed by atoms with E-state index in [9.17, 15) is 9.90 Å². The number of rotatable bonds is 9. The lowest BCUT2D eigenvalue weighted by Crippen LogP contribution is -2.38. The lowest BCUT2D eigenvalue weighted by Gasteiger charge is -2.30. The minimum atomic E-state index is -1.01. The largest absolute Gasteiger partial charge is 0.497 e. The topological polar surface area (TPSA) is 59.0 Å². The van der Waals surface area contributed by atoms with Crippen LogP contribution in [0.2, 0.25) is 0 Å². The molecule has 1 N–H and O–H groups in total. The summed E-state index contributed by atoms with van der Waals surface area (Å²) in [6, 6.07) is 5.79. The number of nitrogens with zero attached hydrogens (tertiary/aromatic N) is 1. The van der Waals surface area contributed by atoms with Gasteiger partial charge in [-0.15, -0.1) is 0 Å². The summed E-state index contributed by atoms with van der Waals surface area (Å²) >= 11 is 0. The third kappa shape index (κ3) is 5.22. The van der Waals surface area contributed by atoms with E-state index in [4.69, 9.17) is 9.47 Å². The molecular formula is C17H27NO4. The molecule has 5 nitrogen and oxygen atoms in total. The van der Waals surface area contributed by atoms with Crippen LogP contribution < -0.4 is 9.47 Å². The molecule has 0 atom stereocenters. The van der Waals surface area contributed by atoms with Crippen LogP contribution in [0.3, 0.4) is 0 Å². The van der Waals surface area contributed by atoms with Gasteiger partial charge in [-0.2, -0.15) is 0 Å². The molecule has 0 heterocycles. The van der Waals surface area contributed by atoms with E-state index in [1.807, 2.05) is 0 Å². The maximum atomic E-state index is 11.3. The summed E-state index contributed by atoms with van der Waals surface area (Å²) < 4.78 is 10.7. The summed E-state index contributed by atoms with van der Waals surface area (Å²) in [6.45, 7) is 10.1. The Labute approximate surface area is 132 Å². The van der Waals surface area contributed by atoms with E-state index >= 15 is 0 Å². The van der Waals surface area contributed by atoms with Gasteiger partial charge in [0.15, 0.2) is 0 Å². The standard InChI is InChI=1S/C17H27NO4/c1-12(2)18(13(3)4)9-6-10-22-16-8-7-14(21-5)11-15(16)17(19)20/h7-8,11-13H,6,9-10H2,1-5H3,(H,19,20). The van der Waals surface area contributed by atoms with Crippen molar-refractivity contribution in [3.8, 4) is 11.5 Å². The quantitative estimate of drug-likeness (QED) is 0.709. The Morgan fingerprint density at radius 1 is 1.23 bits per heavy atom. The summed E-state index contributed by atoms with van der Waals surface area (Å²) in [7, 11) is 1.51. The Kier molecular flexibility index (Phi) is 7.18. The summed E-state index contributed by atoms with van der Waals surface area (Å²) in [4.78, 5) is 13.7. The third-order valence-electron chi connectivity index (χ3n) is 3.56. The van der Waals surface area contributed by atoms with Gasteiger partial charge in [-0.3, -0.25) is 4.90 Å². The molecule has 1 aromatic rings. The Morgan fingerprint density at radius 2 is 1.86 bits per heavy atom. The molecule has 5 heteroatoms. The minimum absolute atomic E-state index is 0.129. The molecular weight excluding hydrogens is 282 g/mol. The first-order chi connectivity index (χ1) is 10.4.